The van der Waals surface area contributed by atoms with E-state index in [9.17, 15) is 0 Å². The molecule has 0 amide bonds. The average molecular weight is 291 g/mol. The number of thiophene rings is 1. The summed E-state index contributed by atoms with van der Waals surface area (Å²) in [6.45, 7) is 9.89. The van der Waals surface area contributed by atoms with E-state index >= 15 is 0 Å². The molecule has 110 valence electrons. The van der Waals surface area contributed by atoms with E-state index in [2.05, 4.69) is 51.2 Å². The lowest BCUT2D eigenvalue weighted by molar-refractivity contribution is 0.420. The lowest BCUT2D eigenvalue weighted by atomic mass is 9.99. The van der Waals surface area contributed by atoms with Gasteiger partial charge < -0.3 is 10.1 Å². The van der Waals surface area contributed by atoms with Crippen molar-refractivity contribution >= 4 is 21.4 Å². The molecule has 0 aliphatic rings. The molecule has 2 rings (SSSR count). The number of nitrogens with one attached hydrogen (secondary N) is 1. The fourth-order valence-electron chi connectivity index (χ4n) is 2.43. The Hall–Kier alpha value is -1.06. The van der Waals surface area contributed by atoms with Crippen molar-refractivity contribution in [1.29, 1.82) is 0 Å². The van der Waals surface area contributed by atoms with E-state index in [1.807, 2.05) is 11.3 Å². The van der Waals surface area contributed by atoms with Crippen LogP contribution in [0.15, 0.2) is 18.2 Å². The highest BCUT2D eigenvalue weighted by Crippen LogP contribution is 2.38. The lowest BCUT2D eigenvalue weighted by Crippen LogP contribution is -2.21. The molecule has 0 unspecified atom stereocenters. The van der Waals surface area contributed by atoms with Gasteiger partial charge in [-0.2, -0.15) is 0 Å². The summed E-state index contributed by atoms with van der Waals surface area (Å²) in [4.78, 5) is 1.45. The number of methoxy groups -OCH3 is 1. The molecule has 0 saturated carbocycles. The Morgan fingerprint density at radius 3 is 2.55 bits per heavy atom. The number of fused-ring (bicyclic) bond motifs is 1. The van der Waals surface area contributed by atoms with Gasteiger partial charge in [-0.15, -0.1) is 11.3 Å². The maximum absolute atomic E-state index is 5.52. The van der Waals surface area contributed by atoms with Crippen LogP contribution in [0.1, 0.15) is 38.1 Å². The molecule has 0 fully saturated rings. The number of benzene rings is 1. The maximum atomic E-state index is 5.52. The zero-order chi connectivity index (χ0) is 14.7. The summed E-state index contributed by atoms with van der Waals surface area (Å²) >= 11 is 1.87. The summed E-state index contributed by atoms with van der Waals surface area (Å²) in [6.07, 6.45) is 1.13. The van der Waals surface area contributed by atoms with E-state index in [4.69, 9.17) is 4.74 Å². The zero-order valence-electron chi connectivity index (χ0n) is 13.1. The van der Waals surface area contributed by atoms with Crippen molar-refractivity contribution < 1.29 is 4.74 Å². The third-order valence-corrected chi connectivity index (χ3v) is 4.63. The van der Waals surface area contributed by atoms with Gasteiger partial charge in [0, 0.05) is 17.5 Å². The molecule has 0 saturated heterocycles. The number of rotatable bonds is 6. The SMILES string of the molecule is COc1cccc2c(CC(C)C)c(CNC(C)C)sc12. The first-order valence-corrected chi connectivity index (χ1v) is 8.15. The fraction of sp³-hybridized carbons (Fsp3) is 0.529. The quantitative estimate of drug-likeness (QED) is 0.839. The molecule has 1 N–H and O–H groups in total. The van der Waals surface area contributed by atoms with Gasteiger partial charge in [0.25, 0.3) is 0 Å². The van der Waals surface area contributed by atoms with Crippen LogP contribution in [0, 0.1) is 5.92 Å². The van der Waals surface area contributed by atoms with E-state index in [0.29, 0.717) is 12.0 Å². The Labute approximate surface area is 126 Å². The molecule has 1 aromatic heterocycles. The number of ether oxygens (including phenoxy) is 1. The second kappa shape index (κ2) is 6.59. The van der Waals surface area contributed by atoms with Crippen LogP contribution in [0.2, 0.25) is 0 Å². The largest absolute Gasteiger partial charge is 0.495 e. The molecule has 3 heteroatoms. The molecule has 0 radical (unpaired) electrons. The van der Waals surface area contributed by atoms with Crippen LogP contribution in [0.5, 0.6) is 5.75 Å². The van der Waals surface area contributed by atoms with Crippen molar-refractivity contribution in [1.82, 2.24) is 5.32 Å². The highest BCUT2D eigenvalue weighted by molar-refractivity contribution is 7.19. The predicted molar refractivity (Wildman–Crippen MR) is 88.9 cm³/mol. The Kier molecular flexibility index (Phi) is 5.06. The van der Waals surface area contributed by atoms with E-state index in [-0.39, 0.29) is 0 Å². The molecule has 20 heavy (non-hydrogen) atoms. The first kappa shape index (κ1) is 15.3. The summed E-state index contributed by atoms with van der Waals surface area (Å²) in [6, 6.07) is 6.88. The predicted octanol–water partition coefficient (Wildman–Crippen LogP) is 4.61. The van der Waals surface area contributed by atoms with E-state index in [1.165, 1.54) is 20.5 Å². The molecule has 0 bridgehead atoms. The molecule has 0 spiro atoms. The minimum absolute atomic E-state index is 0.508. The van der Waals surface area contributed by atoms with Crippen molar-refractivity contribution in [2.24, 2.45) is 5.92 Å². The Morgan fingerprint density at radius 2 is 1.95 bits per heavy atom. The third kappa shape index (κ3) is 3.33. The Balaban J connectivity index is 2.47. The van der Waals surface area contributed by atoms with Gasteiger partial charge in [-0.25, -0.2) is 0 Å². The molecular weight excluding hydrogens is 266 g/mol. The van der Waals surface area contributed by atoms with Crippen LogP contribution in [0.25, 0.3) is 10.1 Å². The normalized spacial score (nSPS) is 11.8. The smallest absolute Gasteiger partial charge is 0.136 e. The summed E-state index contributed by atoms with van der Waals surface area (Å²) in [7, 11) is 1.75. The number of hydrogen-bond donors (Lipinski definition) is 1. The summed E-state index contributed by atoms with van der Waals surface area (Å²) in [5.41, 5.74) is 1.49. The van der Waals surface area contributed by atoms with E-state index in [1.54, 1.807) is 7.11 Å². The average Bonchev–Trinajstić information content (AvgIpc) is 2.74. The fourth-order valence-corrected chi connectivity index (χ4v) is 3.70. The van der Waals surface area contributed by atoms with Crippen LogP contribution in [0.3, 0.4) is 0 Å². The molecule has 0 atom stereocenters. The van der Waals surface area contributed by atoms with Gasteiger partial charge >= 0.3 is 0 Å². The van der Waals surface area contributed by atoms with Crippen molar-refractivity contribution in [2.45, 2.75) is 46.7 Å². The summed E-state index contributed by atoms with van der Waals surface area (Å²) < 4.78 is 6.80. The maximum Gasteiger partial charge on any atom is 0.136 e. The number of hydrogen-bond acceptors (Lipinski definition) is 3. The standard InChI is InChI=1S/C17H25NOS/c1-11(2)9-14-13-7-6-8-15(19-5)17(13)20-16(14)10-18-12(3)4/h6-8,11-12,18H,9-10H2,1-5H3. The minimum atomic E-state index is 0.508. The van der Waals surface area contributed by atoms with Gasteiger partial charge in [-0.3, -0.25) is 0 Å². The first-order chi connectivity index (χ1) is 9.52. The minimum Gasteiger partial charge on any atom is -0.495 e. The van der Waals surface area contributed by atoms with Gasteiger partial charge in [-0.05, 0) is 29.4 Å². The van der Waals surface area contributed by atoms with Crippen LogP contribution < -0.4 is 10.1 Å². The van der Waals surface area contributed by atoms with Crippen LogP contribution >= 0.6 is 11.3 Å². The first-order valence-electron chi connectivity index (χ1n) is 7.33. The van der Waals surface area contributed by atoms with Crippen LogP contribution in [-0.2, 0) is 13.0 Å². The highest BCUT2D eigenvalue weighted by atomic mass is 32.1. The molecule has 0 aliphatic heterocycles. The summed E-state index contributed by atoms with van der Waals surface area (Å²) in [5.74, 6) is 1.66. The van der Waals surface area contributed by atoms with Crippen molar-refractivity contribution in [2.75, 3.05) is 7.11 Å². The van der Waals surface area contributed by atoms with Gasteiger partial charge in [0.2, 0.25) is 0 Å². The Morgan fingerprint density at radius 1 is 1.20 bits per heavy atom. The van der Waals surface area contributed by atoms with Crippen LogP contribution in [-0.4, -0.2) is 13.2 Å². The highest BCUT2D eigenvalue weighted by Gasteiger charge is 2.16. The lowest BCUT2D eigenvalue weighted by Gasteiger charge is -2.10. The topological polar surface area (TPSA) is 21.3 Å². The van der Waals surface area contributed by atoms with E-state index < -0.39 is 0 Å². The van der Waals surface area contributed by atoms with Gasteiger partial charge in [0.1, 0.15) is 5.75 Å². The molecule has 1 aromatic carbocycles. The molecular formula is C17H25NOS. The van der Waals surface area contributed by atoms with Gasteiger partial charge in [0.15, 0.2) is 0 Å². The second-order valence-electron chi connectivity index (χ2n) is 5.97. The summed E-state index contributed by atoms with van der Waals surface area (Å²) in [5, 5.41) is 4.91. The molecule has 2 nitrogen and oxygen atoms in total. The van der Waals surface area contributed by atoms with E-state index in [0.717, 1.165) is 18.7 Å². The van der Waals surface area contributed by atoms with Gasteiger partial charge in [-0.1, -0.05) is 39.8 Å². The third-order valence-electron chi connectivity index (χ3n) is 3.37. The monoisotopic (exact) mass is 291 g/mol. The molecule has 0 aliphatic carbocycles. The van der Waals surface area contributed by atoms with Gasteiger partial charge in [0.05, 0.1) is 11.8 Å². The Bertz CT molecular complexity index is 572. The van der Waals surface area contributed by atoms with Crippen LogP contribution in [0.4, 0.5) is 0 Å². The van der Waals surface area contributed by atoms with Crippen molar-refractivity contribution in [3.63, 3.8) is 0 Å². The molecule has 2 aromatic rings. The van der Waals surface area contributed by atoms with Crippen molar-refractivity contribution in [3.05, 3.63) is 28.6 Å². The second-order valence-corrected chi connectivity index (χ2v) is 7.08. The molecule has 1 heterocycles. The zero-order valence-corrected chi connectivity index (χ0v) is 13.9. The van der Waals surface area contributed by atoms with Crippen molar-refractivity contribution in [3.8, 4) is 5.75 Å².